The van der Waals surface area contributed by atoms with Crippen molar-refractivity contribution in [1.82, 2.24) is 66.6 Å². The van der Waals surface area contributed by atoms with E-state index in [9.17, 15) is 33.6 Å². The minimum absolute atomic E-state index is 0.0523. The summed E-state index contributed by atoms with van der Waals surface area (Å²) in [6, 6.07) is 4.12. The van der Waals surface area contributed by atoms with Crippen molar-refractivity contribution in [2.45, 2.75) is 239 Å². The third-order valence-electron chi connectivity index (χ3n) is 18.7. The number of piperidine rings is 1. The summed E-state index contributed by atoms with van der Waals surface area (Å²) in [7, 11) is 8.38. The molecule has 104 heavy (non-hydrogen) atoms. The summed E-state index contributed by atoms with van der Waals surface area (Å²) in [4.78, 5) is 201. The fraction of sp³-hybridized carbons (Fsp3) is 0.675. The smallest absolute Gasteiger partial charge is 0.247 e. The van der Waals surface area contributed by atoms with Crippen LogP contribution in [0, 0.1) is 29.6 Å². The van der Waals surface area contributed by atoms with Crippen LogP contribution in [-0.2, 0) is 79.9 Å². The van der Waals surface area contributed by atoms with Crippen molar-refractivity contribution in [2.75, 3.05) is 68.5 Å². The van der Waals surface area contributed by atoms with E-state index in [2.05, 4.69) is 37.2 Å². The third-order valence-corrected chi connectivity index (χ3v) is 18.7. The van der Waals surface area contributed by atoms with Crippen molar-refractivity contribution in [3.05, 3.63) is 71.8 Å². The molecule has 0 aliphatic carbocycles. The van der Waals surface area contributed by atoms with Crippen molar-refractivity contribution in [1.29, 1.82) is 0 Å². The molecule has 0 radical (unpaired) electrons. The van der Waals surface area contributed by atoms with E-state index in [0.717, 1.165) is 11.3 Å². The van der Waals surface area contributed by atoms with E-state index in [0.29, 0.717) is 37.1 Å². The molecule has 2 heterocycles. The summed E-state index contributed by atoms with van der Waals surface area (Å²) in [5.41, 5.74) is 0.403. The van der Waals surface area contributed by atoms with Crippen LogP contribution in [0.5, 0.6) is 0 Å². The van der Waals surface area contributed by atoms with E-state index in [1.807, 2.05) is 69.2 Å². The standard InChI is InChI=1S/C77H123N13O14/c1-47(2)37-55-67(94)81-56(42-52-29-23-20-24-30-52)68(95)82-57(38-48(3)4)73(100)87(17)61(40-50(7)8)70(97)80-54(33-34-64(91)78-14)72(99)85(15)45-66(93)86(16)60(39-49(5)6)69(96)84-59(46-104-77(11,12)13)74(101)89(19)63(43-53-31-25-21-26-32-53)76(103)88(18)62(41-51(9)10)71(98)83-58(44-65(92)79-55)75(102)90-35-27-22-28-36-90/h20-21,23-26,29-32,47-51,54-63H,22,27-28,33-46H2,1-19H3,(H,78,91)(H,79,92)(H,80,97)(H,81,94)(H,82,95)(H,83,98)(H,84,96)/t54-,55+,56-,57-,58-,59-,60-,61-,62-,63-/m0/s1. The molecule has 0 spiro atoms. The van der Waals surface area contributed by atoms with Crippen molar-refractivity contribution in [3.63, 3.8) is 0 Å². The maximum atomic E-state index is 15.6. The topological polar surface area (TPSA) is 335 Å². The van der Waals surface area contributed by atoms with Crippen LogP contribution >= 0.6 is 0 Å². The number of nitrogens with zero attached hydrogens (tertiary/aromatic N) is 6. The second-order valence-corrected chi connectivity index (χ2v) is 31.3. The fourth-order valence-corrected chi connectivity index (χ4v) is 12.9. The molecule has 2 fully saturated rings. The quantitative estimate of drug-likeness (QED) is 0.0981. The van der Waals surface area contributed by atoms with Gasteiger partial charge >= 0.3 is 0 Å². The Hall–Kier alpha value is -8.49. The van der Waals surface area contributed by atoms with E-state index in [1.165, 1.54) is 61.9 Å². The molecule has 2 aliphatic heterocycles. The monoisotopic (exact) mass is 1450 g/mol. The highest BCUT2D eigenvalue weighted by Crippen LogP contribution is 2.23. The number of hydrogen-bond donors (Lipinski definition) is 7. The number of carbonyl (C=O) groups is 13. The maximum Gasteiger partial charge on any atom is 0.247 e. The van der Waals surface area contributed by atoms with Gasteiger partial charge < -0.3 is 71.4 Å². The van der Waals surface area contributed by atoms with Gasteiger partial charge in [-0.15, -0.1) is 0 Å². The SMILES string of the molecule is CNC(=O)CC[C@@H]1NC(=O)[C@H](CC(C)C)N(C)C(=O)[C@H](CC(C)C)NC(=O)[C@H](Cc2ccccc2)NC(=O)[C@@H](CC(C)C)NC(=O)C[C@@H](C(=O)N2CCCCC2)NC(=O)[C@H](CC(C)C)N(C)C(=O)[C@H](Cc2ccccc2)N(C)C(=O)[C@H](COC(C)(C)C)NC(=O)[C@H](CC(C)C)N(C)C(=O)CN(C)C1=O. The van der Waals surface area contributed by atoms with Gasteiger partial charge in [0, 0.05) is 74.6 Å². The summed E-state index contributed by atoms with van der Waals surface area (Å²) < 4.78 is 6.22. The molecule has 10 atom stereocenters. The van der Waals surface area contributed by atoms with Crippen molar-refractivity contribution >= 4 is 76.8 Å². The van der Waals surface area contributed by atoms with Gasteiger partial charge in [-0.2, -0.15) is 0 Å². The summed E-state index contributed by atoms with van der Waals surface area (Å²) in [5, 5.41) is 19.6. The molecule has 7 N–H and O–H groups in total. The lowest BCUT2D eigenvalue weighted by Gasteiger charge is -2.38. The molecule has 2 aliphatic rings. The van der Waals surface area contributed by atoms with E-state index < -0.39 is 162 Å². The van der Waals surface area contributed by atoms with Crippen LogP contribution in [0.15, 0.2) is 60.7 Å². The predicted octanol–water partition coefficient (Wildman–Crippen LogP) is 4.13. The molecule has 580 valence electrons. The largest absolute Gasteiger partial charge is 0.373 e. The summed E-state index contributed by atoms with van der Waals surface area (Å²) in [5.74, 6) is -10.4. The molecule has 0 saturated carbocycles. The summed E-state index contributed by atoms with van der Waals surface area (Å²) >= 11 is 0. The Morgan fingerprint density at radius 3 is 1.39 bits per heavy atom. The van der Waals surface area contributed by atoms with Crippen LogP contribution in [0.3, 0.4) is 0 Å². The molecule has 27 nitrogen and oxygen atoms in total. The van der Waals surface area contributed by atoms with Gasteiger partial charge in [-0.1, -0.05) is 130 Å². The average Bonchev–Trinajstić information content (AvgIpc) is 0.813. The number of carbonyl (C=O) groups excluding carboxylic acids is 13. The molecule has 13 amide bonds. The number of nitrogens with one attached hydrogen (secondary N) is 7. The highest BCUT2D eigenvalue weighted by atomic mass is 16.5. The fourth-order valence-electron chi connectivity index (χ4n) is 12.9. The normalized spacial score (nSPS) is 24.2. The Bertz CT molecular complexity index is 3210. The highest BCUT2D eigenvalue weighted by molar-refractivity contribution is 6.00. The minimum Gasteiger partial charge on any atom is -0.373 e. The van der Waals surface area contributed by atoms with Gasteiger partial charge in [0.25, 0.3) is 0 Å². The molecule has 0 aromatic heterocycles. The zero-order valence-corrected chi connectivity index (χ0v) is 65.4. The molecule has 2 aromatic rings. The molecule has 4 rings (SSSR count). The zero-order chi connectivity index (χ0) is 78.0. The number of rotatable bonds is 20. The number of benzene rings is 2. The first-order chi connectivity index (χ1) is 48.7. The van der Waals surface area contributed by atoms with Gasteiger partial charge in [-0.05, 0) is 119 Å². The van der Waals surface area contributed by atoms with E-state index >= 15 is 28.8 Å². The van der Waals surface area contributed by atoms with E-state index in [-0.39, 0.29) is 87.4 Å². The molecule has 0 bridgehead atoms. The number of amides is 13. The van der Waals surface area contributed by atoms with Crippen LogP contribution in [0.1, 0.15) is 172 Å². The van der Waals surface area contributed by atoms with Crippen LogP contribution < -0.4 is 37.2 Å². The second kappa shape index (κ2) is 41.9. The number of ether oxygens (including phenoxy) is 1. The second-order valence-electron chi connectivity index (χ2n) is 31.3. The number of likely N-dealkylation sites (tertiary alicyclic amines) is 1. The van der Waals surface area contributed by atoms with Gasteiger partial charge in [0.05, 0.1) is 25.2 Å². The highest BCUT2D eigenvalue weighted by Gasteiger charge is 2.43. The van der Waals surface area contributed by atoms with E-state index in [1.54, 1.807) is 86.3 Å². The first kappa shape index (κ1) is 87.9. The first-order valence-corrected chi connectivity index (χ1v) is 37.1. The Morgan fingerprint density at radius 1 is 0.471 bits per heavy atom. The Morgan fingerprint density at radius 2 is 0.894 bits per heavy atom. The molecular weight excluding hydrogens is 1330 g/mol. The number of hydrogen-bond acceptors (Lipinski definition) is 14. The summed E-state index contributed by atoms with van der Waals surface area (Å²) in [6.45, 7) is 23.3. The average molecular weight is 1450 g/mol. The van der Waals surface area contributed by atoms with Crippen LogP contribution in [-0.4, -0.2) is 241 Å². The molecule has 2 aromatic carbocycles. The zero-order valence-electron chi connectivity index (χ0n) is 65.4. The van der Waals surface area contributed by atoms with Gasteiger partial charge in [0.1, 0.15) is 60.4 Å². The Balaban J connectivity index is 2.01. The lowest BCUT2D eigenvalue weighted by atomic mass is 9.97. The third kappa shape index (κ3) is 28.2. The van der Waals surface area contributed by atoms with Crippen LogP contribution in [0.4, 0.5) is 0 Å². The lowest BCUT2D eigenvalue weighted by Crippen LogP contribution is -2.62. The minimum atomic E-state index is -1.51. The molecule has 2 saturated heterocycles. The lowest BCUT2D eigenvalue weighted by molar-refractivity contribution is -0.151. The van der Waals surface area contributed by atoms with Crippen molar-refractivity contribution < 1.29 is 67.1 Å². The first-order valence-electron chi connectivity index (χ1n) is 37.1. The summed E-state index contributed by atoms with van der Waals surface area (Å²) in [6.07, 6.45) is 1.20. The van der Waals surface area contributed by atoms with Crippen molar-refractivity contribution in [2.24, 2.45) is 29.6 Å². The molecule has 27 heteroatoms. The molecule has 0 unspecified atom stereocenters. The van der Waals surface area contributed by atoms with Crippen molar-refractivity contribution in [3.8, 4) is 0 Å². The van der Waals surface area contributed by atoms with Crippen LogP contribution in [0.25, 0.3) is 0 Å². The van der Waals surface area contributed by atoms with Gasteiger partial charge in [0.2, 0.25) is 76.8 Å². The molecular formula is C77H123N13O14. The predicted molar refractivity (Wildman–Crippen MR) is 397 cm³/mol. The Kier molecular flexibility index (Phi) is 35.4. The van der Waals surface area contributed by atoms with Gasteiger partial charge in [0.15, 0.2) is 0 Å². The van der Waals surface area contributed by atoms with E-state index in [4.69, 9.17) is 4.74 Å². The Labute approximate surface area is 617 Å². The van der Waals surface area contributed by atoms with Crippen LogP contribution in [0.2, 0.25) is 0 Å². The number of likely N-dealkylation sites (N-methyl/N-ethyl adjacent to an activating group) is 5. The van der Waals surface area contributed by atoms with Gasteiger partial charge in [-0.25, -0.2) is 0 Å². The maximum absolute atomic E-state index is 15.6. The van der Waals surface area contributed by atoms with Gasteiger partial charge in [-0.3, -0.25) is 62.3 Å².